The number of benzene rings is 2. The van der Waals surface area contributed by atoms with E-state index in [2.05, 4.69) is 5.32 Å². The highest BCUT2D eigenvalue weighted by Crippen LogP contribution is 2.30. The minimum Gasteiger partial charge on any atom is -0.377 e. The molecule has 2 aromatic rings. The Bertz CT molecular complexity index is 1010. The van der Waals surface area contributed by atoms with E-state index in [0.717, 1.165) is 29.2 Å². The molecule has 0 radical (unpaired) electrons. The molecule has 0 saturated heterocycles. The van der Waals surface area contributed by atoms with Crippen LogP contribution in [0.5, 0.6) is 0 Å². The van der Waals surface area contributed by atoms with E-state index in [1.165, 1.54) is 18.2 Å². The van der Waals surface area contributed by atoms with Crippen molar-refractivity contribution >= 4 is 25.4 Å². The second kappa shape index (κ2) is 6.80. The summed E-state index contributed by atoms with van der Waals surface area (Å²) in [7, 11) is -7.08. The van der Waals surface area contributed by atoms with Crippen LogP contribution in [-0.2, 0) is 19.7 Å². The lowest BCUT2D eigenvalue weighted by Crippen LogP contribution is -2.13. The fourth-order valence-electron chi connectivity index (χ4n) is 2.71. The van der Waals surface area contributed by atoms with Crippen LogP contribution in [0.4, 0.5) is 5.69 Å². The van der Waals surface area contributed by atoms with Crippen molar-refractivity contribution in [3.8, 4) is 0 Å². The third-order valence-corrected chi connectivity index (χ3v) is 6.51. The van der Waals surface area contributed by atoms with Gasteiger partial charge in [-0.3, -0.25) is 0 Å². The van der Waals surface area contributed by atoms with Crippen LogP contribution < -0.4 is 5.32 Å². The maximum Gasteiger partial charge on any atom is 0.177 e. The molecule has 5 nitrogen and oxygen atoms in total. The Hall–Kier alpha value is -1.86. The van der Waals surface area contributed by atoms with Crippen LogP contribution in [0.1, 0.15) is 29.7 Å². The van der Waals surface area contributed by atoms with Gasteiger partial charge in [0.15, 0.2) is 19.7 Å². The summed E-state index contributed by atoms with van der Waals surface area (Å²) in [5.41, 5.74) is 3.74. The number of hydrogen-bond acceptors (Lipinski definition) is 5. The lowest BCUT2D eigenvalue weighted by molar-refractivity contribution is 0.600. The lowest BCUT2D eigenvalue weighted by atomic mass is 9.98. The summed E-state index contributed by atoms with van der Waals surface area (Å²) in [4.78, 5) is -0.0366. The Morgan fingerprint density at radius 3 is 2.12 bits per heavy atom. The zero-order valence-corrected chi connectivity index (χ0v) is 16.6. The molecule has 7 heteroatoms. The highest BCUT2D eigenvalue weighted by Gasteiger charge is 2.20. The SMILES string of the molecule is Cc1cccc(C(C)Nc2ccc(S(C)(=O)=O)cc2S(C)(=O)=O)c1C. The van der Waals surface area contributed by atoms with E-state index in [-0.39, 0.29) is 15.8 Å². The van der Waals surface area contributed by atoms with E-state index >= 15 is 0 Å². The number of nitrogens with one attached hydrogen (secondary N) is 1. The zero-order valence-electron chi connectivity index (χ0n) is 15.0. The minimum absolute atomic E-state index is 0.0159. The standard InChI is InChI=1S/C18H23NO4S2/c1-12-7-6-8-16(13(12)2)14(3)19-17-10-9-15(24(4,20)21)11-18(17)25(5,22)23/h6-11,14,19H,1-5H3. The first-order valence-electron chi connectivity index (χ1n) is 7.78. The highest BCUT2D eigenvalue weighted by molar-refractivity contribution is 7.91. The van der Waals surface area contributed by atoms with E-state index in [4.69, 9.17) is 0 Å². The van der Waals surface area contributed by atoms with Gasteiger partial charge in [0.05, 0.1) is 15.5 Å². The second-order valence-corrected chi connectivity index (χ2v) is 10.4. The van der Waals surface area contributed by atoms with Crippen molar-refractivity contribution in [1.29, 1.82) is 0 Å². The Morgan fingerprint density at radius 1 is 0.920 bits per heavy atom. The van der Waals surface area contributed by atoms with Crippen molar-refractivity contribution in [2.24, 2.45) is 0 Å². The van der Waals surface area contributed by atoms with Crippen LogP contribution in [0.15, 0.2) is 46.2 Å². The average Bonchev–Trinajstić information content (AvgIpc) is 2.48. The number of sulfone groups is 2. The van der Waals surface area contributed by atoms with Gasteiger partial charge < -0.3 is 5.32 Å². The molecule has 0 bridgehead atoms. The Labute approximate surface area is 149 Å². The smallest absolute Gasteiger partial charge is 0.177 e. The first-order valence-corrected chi connectivity index (χ1v) is 11.6. The summed E-state index contributed by atoms with van der Waals surface area (Å²) in [6.45, 7) is 5.99. The molecule has 1 N–H and O–H groups in total. The molecular weight excluding hydrogens is 358 g/mol. The van der Waals surface area contributed by atoms with Gasteiger partial charge in [0.2, 0.25) is 0 Å². The van der Waals surface area contributed by atoms with Gasteiger partial charge in [-0.2, -0.15) is 0 Å². The number of anilines is 1. The van der Waals surface area contributed by atoms with Gasteiger partial charge in [-0.05, 0) is 55.7 Å². The van der Waals surface area contributed by atoms with Gasteiger partial charge in [-0.25, -0.2) is 16.8 Å². The molecule has 136 valence electrons. The summed E-state index contributed by atoms with van der Waals surface area (Å²) >= 11 is 0. The van der Waals surface area contributed by atoms with Crippen LogP contribution >= 0.6 is 0 Å². The molecule has 2 aromatic carbocycles. The Balaban J connectivity index is 2.51. The number of aryl methyl sites for hydroxylation is 1. The van der Waals surface area contributed by atoms with Gasteiger partial charge in [0.1, 0.15) is 0 Å². The minimum atomic E-state index is -3.59. The van der Waals surface area contributed by atoms with E-state index in [1.54, 1.807) is 0 Å². The Morgan fingerprint density at radius 2 is 1.56 bits per heavy atom. The molecular formula is C18H23NO4S2. The molecule has 1 unspecified atom stereocenters. The summed E-state index contributed by atoms with van der Waals surface area (Å²) in [5, 5.41) is 3.21. The maximum absolute atomic E-state index is 12.1. The molecule has 0 aliphatic carbocycles. The maximum atomic E-state index is 12.1. The quantitative estimate of drug-likeness (QED) is 0.860. The molecule has 2 rings (SSSR count). The molecule has 0 saturated carbocycles. The molecule has 0 heterocycles. The van der Waals surface area contributed by atoms with Crippen molar-refractivity contribution in [3.63, 3.8) is 0 Å². The fourth-order valence-corrected chi connectivity index (χ4v) is 4.30. The second-order valence-electron chi connectivity index (χ2n) is 6.36. The summed E-state index contributed by atoms with van der Waals surface area (Å²) < 4.78 is 47.7. The summed E-state index contributed by atoms with van der Waals surface area (Å²) in [6, 6.07) is 9.98. The molecule has 0 aliphatic heterocycles. The predicted octanol–water partition coefficient (Wildman–Crippen LogP) is 3.28. The van der Waals surface area contributed by atoms with Gasteiger partial charge in [-0.15, -0.1) is 0 Å². The van der Waals surface area contributed by atoms with Gasteiger partial charge in [-0.1, -0.05) is 18.2 Å². The van der Waals surface area contributed by atoms with Crippen molar-refractivity contribution in [2.45, 2.75) is 36.6 Å². The summed E-state index contributed by atoms with van der Waals surface area (Å²) in [5.74, 6) is 0. The van der Waals surface area contributed by atoms with E-state index in [1.807, 2.05) is 39.0 Å². The molecule has 0 spiro atoms. The van der Waals surface area contributed by atoms with Crippen LogP contribution in [0.25, 0.3) is 0 Å². The van der Waals surface area contributed by atoms with E-state index in [0.29, 0.717) is 5.69 Å². The van der Waals surface area contributed by atoms with Crippen molar-refractivity contribution in [3.05, 3.63) is 53.1 Å². The number of hydrogen-bond donors (Lipinski definition) is 1. The van der Waals surface area contributed by atoms with E-state index < -0.39 is 19.7 Å². The Kier molecular flexibility index (Phi) is 5.30. The third-order valence-electron chi connectivity index (χ3n) is 4.27. The topological polar surface area (TPSA) is 80.3 Å². The van der Waals surface area contributed by atoms with Crippen LogP contribution in [0, 0.1) is 13.8 Å². The third kappa shape index (κ3) is 4.41. The van der Waals surface area contributed by atoms with Gasteiger partial charge in [0.25, 0.3) is 0 Å². The largest absolute Gasteiger partial charge is 0.377 e. The molecule has 0 amide bonds. The summed E-state index contributed by atoms with van der Waals surface area (Å²) in [6.07, 6.45) is 2.13. The monoisotopic (exact) mass is 381 g/mol. The van der Waals surface area contributed by atoms with Crippen LogP contribution in [0.2, 0.25) is 0 Å². The molecule has 1 atom stereocenters. The average molecular weight is 382 g/mol. The molecule has 0 fully saturated rings. The normalized spacial score (nSPS) is 13.5. The fraction of sp³-hybridized carbons (Fsp3) is 0.333. The first kappa shape index (κ1) is 19.5. The van der Waals surface area contributed by atoms with Gasteiger partial charge >= 0.3 is 0 Å². The highest BCUT2D eigenvalue weighted by atomic mass is 32.2. The first-order chi connectivity index (χ1) is 11.4. The van der Waals surface area contributed by atoms with Crippen LogP contribution in [-0.4, -0.2) is 29.3 Å². The van der Waals surface area contributed by atoms with Crippen molar-refractivity contribution in [2.75, 3.05) is 17.8 Å². The lowest BCUT2D eigenvalue weighted by Gasteiger charge is -2.21. The van der Waals surface area contributed by atoms with E-state index in [9.17, 15) is 16.8 Å². The van der Waals surface area contributed by atoms with Crippen molar-refractivity contribution in [1.82, 2.24) is 0 Å². The molecule has 25 heavy (non-hydrogen) atoms. The predicted molar refractivity (Wildman–Crippen MR) is 101 cm³/mol. The van der Waals surface area contributed by atoms with Crippen LogP contribution in [0.3, 0.4) is 0 Å². The van der Waals surface area contributed by atoms with Crippen molar-refractivity contribution < 1.29 is 16.8 Å². The van der Waals surface area contributed by atoms with Gasteiger partial charge in [0, 0.05) is 18.6 Å². The molecule has 0 aromatic heterocycles. The number of rotatable bonds is 5. The molecule has 0 aliphatic rings. The zero-order chi connectivity index (χ0) is 19.0.